The van der Waals surface area contributed by atoms with Crippen LogP contribution in [0.5, 0.6) is 0 Å². The number of hydrogen-bond acceptors (Lipinski definition) is 4. The molecule has 2 N–H and O–H groups in total. The summed E-state index contributed by atoms with van der Waals surface area (Å²) in [7, 11) is 0. The molecule has 0 radical (unpaired) electrons. The van der Waals surface area contributed by atoms with Gasteiger partial charge in [-0.1, -0.05) is 23.1 Å². The van der Waals surface area contributed by atoms with E-state index in [-0.39, 0.29) is 5.02 Å². The van der Waals surface area contributed by atoms with E-state index in [0.717, 1.165) is 10.6 Å². The van der Waals surface area contributed by atoms with Crippen LogP contribution < -0.4 is 10.8 Å². The summed E-state index contributed by atoms with van der Waals surface area (Å²) in [4.78, 5) is 9.50. The Morgan fingerprint density at radius 3 is 2.83 bits per heavy atom. The van der Waals surface area contributed by atoms with Crippen LogP contribution in [0, 0.1) is 18.2 Å². The lowest BCUT2D eigenvalue weighted by molar-refractivity contribution is 0.628. The number of halogens is 2. The molecule has 122 valence electrons. The van der Waals surface area contributed by atoms with Crippen molar-refractivity contribution in [1.82, 2.24) is 8.94 Å². The minimum absolute atomic E-state index is 0.00423. The number of rotatable bonds is 2. The van der Waals surface area contributed by atoms with Crippen LogP contribution in [0.1, 0.15) is 4.88 Å². The summed E-state index contributed by atoms with van der Waals surface area (Å²) in [5, 5.41) is 11.2. The molecule has 0 fully saturated rings. The maximum absolute atomic E-state index is 13.3. The van der Waals surface area contributed by atoms with Gasteiger partial charge in [-0.15, -0.1) is 0 Å². The number of aromatic nitrogens is 2. The summed E-state index contributed by atoms with van der Waals surface area (Å²) < 4.78 is 15.0. The number of benzene rings is 1. The quantitative estimate of drug-likeness (QED) is 0.531. The highest BCUT2D eigenvalue weighted by Crippen LogP contribution is 2.22. The van der Waals surface area contributed by atoms with E-state index in [9.17, 15) is 4.39 Å². The zero-order valence-corrected chi connectivity index (χ0v) is 14.2. The van der Waals surface area contributed by atoms with Gasteiger partial charge in [0.05, 0.1) is 22.6 Å². The monoisotopic (exact) mass is 361 g/mol. The topological polar surface area (TPSA) is 66.1 Å². The van der Waals surface area contributed by atoms with Crippen molar-refractivity contribution in [3.63, 3.8) is 0 Å². The maximum atomic E-state index is 13.3. The summed E-state index contributed by atoms with van der Waals surface area (Å²) in [5.74, 6) is -0.0908. The molecular weight excluding hydrogens is 349 g/mol. The molecule has 0 aliphatic rings. The molecule has 24 heavy (non-hydrogen) atoms. The van der Waals surface area contributed by atoms with Crippen LogP contribution in [-0.2, 0) is 0 Å². The fourth-order valence-corrected chi connectivity index (χ4v) is 2.95. The predicted octanol–water partition coefficient (Wildman–Crippen LogP) is 4.17. The summed E-state index contributed by atoms with van der Waals surface area (Å²) in [6.45, 7) is 1.91. The number of hydrogen-bond donors (Lipinski definition) is 2. The molecule has 0 atom stereocenters. The third-order valence-electron chi connectivity index (χ3n) is 3.04. The van der Waals surface area contributed by atoms with Crippen molar-refractivity contribution < 1.29 is 4.39 Å². The average molecular weight is 362 g/mol. The second-order valence-corrected chi connectivity index (χ2v) is 6.53. The van der Waals surface area contributed by atoms with E-state index in [0.29, 0.717) is 17.1 Å². The highest BCUT2D eigenvalue weighted by atomic mass is 35.5. The predicted molar refractivity (Wildman–Crippen MR) is 94.7 cm³/mol. The first-order chi connectivity index (χ1) is 11.5. The van der Waals surface area contributed by atoms with Gasteiger partial charge in [0.25, 0.3) is 0 Å². The Kier molecular flexibility index (Phi) is 4.73. The number of anilines is 1. The van der Waals surface area contributed by atoms with Crippen LogP contribution in [0.25, 0.3) is 0 Å². The van der Waals surface area contributed by atoms with E-state index >= 15 is 0 Å². The van der Waals surface area contributed by atoms with Gasteiger partial charge in [-0.3, -0.25) is 10.4 Å². The minimum Gasteiger partial charge on any atom is -0.323 e. The van der Waals surface area contributed by atoms with Gasteiger partial charge in [0.15, 0.2) is 0 Å². The molecule has 0 saturated carbocycles. The molecular formula is C16H13ClFN5S. The summed E-state index contributed by atoms with van der Waals surface area (Å²) in [5.41, 5.74) is 1.49. The third-order valence-corrected chi connectivity index (χ3v) is 4.29. The Bertz CT molecular complexity index is 949. The fraction of sp³-hybridized carbons (Fsp3) is 0.0625. The van der Waals surface area contributed by atoms with Gasteiger partial charge < -0.3 is 5.32 Å². The average Bonchev–Trinajstić information content (AvgIpc) is 2.90. The first kappa shape index (κ1) is 16.4. The molecule has 0 amide bonds. The number of nitrogens with one attached hydrogen (secondary N) is 2. The van der Waals surface area contributed by atoms with Gasteiger partial charge in [0.2, 0.25) is 5.96 Å². The lowest BCUT2D eigenvalue weighted by Crippen LogP contribution is -2.28. The van der Waals surface area contributed by atoms with Crippen molar-refractivity contribution in [2.75, 3.05) is 5.32 Å². The summed E-state index contributed by atoms with van der Waals surface area (Å²) in [6.07, 6.45) is 3.32. The van der Waals surface area contributed by atoms with Gasteiger partial charge in [0, 0.05) is 11.1 Å². The Hall–Kier alpha value is -2.51. The lowest BCUT2D eigenvalue weighted by atomic mass is 10.3. The second-order valence-electron chi connectivity index (χ2n) is 4.93. The first-order valence-electron chi connectivity index (χ1n) is 6.98. The van der Waals surface area contributed by atoms with E-state index in [4.69, 9.17) is 17.0 Å². The molecule has 0 aliphatic carbocycles. The van der Waals surface area contributed by atoms with Crippen LogP contribution in [-0.4, -0.2) is 14.9 Å². The normalized spacial score (nSPS) is 11.5. The molecule has 0 spiro atoms. The van der Waals surface area contributed by atoms with E-state index in [1.165, 1.54) is 29.7 Å². The maximum Gasteiger partial charge on any atom is 0.223 e. The molecule has 8 heteroatoms. The minimum atomic E-state index is -0.502. The number of aryl methyl sites for hydroxylation is 1. The molecule has 3 aromatic rings. The van der Waals surface area contributed by atoms with Gasteiger partial charge in [-0.2, -0.15) is 0 Å². The molecule has 2 heterocycles. The third kappa shape index (κ3) is 3.69. The molecule has 0 unspecified atom stereocenters. The highest BCUT2D eigenvalue weighted by molar-refractivity contribution is 7.07. The van der Waals surface area contributed by atoms with Gasteiger partial charge in [-0.25, -0.2) is 13.3 Å². The van der Waals surface area contributed by atoms with E-state index < -0.39 is 5.82 Å². The van der Waals surface area contributed by atoms with Crippen LogP contribution in [0.2, 0.25) is 5.02 Å². The smallest absolute Gasteiger partial charge is 0.223 e. The molecule has 5 nitrogen and oxygen atoms in total. The summed E-state index contributed by atoms with van der Waals surface area (Å²) >= 11 is 7.20. The Labute approximate surface area is 146 Å². The number of pyridine rings is 1. The molecule has 0 saturated heterocycles. The van der Waals surface area contributed by atoms with Crippen molar-refractivity contribution in [2.45, 2.75) is 6.92 Å². The van der Waals surface area contributed by atoms with Crippen molar-refractivity contribution >= 4 is 40.5 Å². The van der Waals surface area contributed by atoms with Crippen LogP contribution in [0.3, 0.4) is 0 Å². The van der Waals surface area contributed by atoms with Crippen molar-refractivity contribution in [1.29, 1.82) is 5.41 Å². The van der Waals surface area contributed by atoms with E-state index in [1.807, 2.05) is 13.0 Å². The fourth-order valence-electron chi connectivity index (χ4n) is 1.99. The van der Waals surface area contributed by atoms with Crippen LogP contribution in [0.15, 0.2) is 53.8 Å². The van der Waals surface area contributed by atoms with Gasteiger partial charge >= 0.3 is 0 Å². The SMILES string of the molecule is Cc1cc(=N)n(C(=Nc2ccc(F)c(Cl)c2)Nc2cccnc2)s1. The summed E-state index contributed by atoms with van der Waals surface area (Å²) in [6, 6.07) is 9.59. The molecule has 2 aromatic heterocycles. The standard InChI is InChI=1S/C16H13ClFN5S/c1-10-7-15(19)23(24-10)16(22-12-3-2-6-20-9-12)21-11-4-5-14(18)13(17)8-11/h2-9,19H,1H3,(H,21,22). The van der Waals surface area contributed by atoms with Gasteiger partial charge in [-0.05, 0) is 43.3 Å². The Morgan fingerprint density at radius 2 is 2.21 bits per heavy atom. The number of nitrogens with zero attached hydrogens (tertiary/aromatic N) is 3. The Balaban J connectivity index is 2.07. The lowest BCUT2D eigenvalue weighted by Gasteiger charge is -2.10. The van der Waals surface area contributed by atoms with Crippen LogP contribution >= 0.6 is 23.1 Å². The zero-order chi connectivity index (χ0) is 17.1. The second kappa shape index (κ2) is 6.94. The highest BCUT2D eigenvalue weighted by Gasteiger charge is 2.09. The Morgan fingerprint density at radius 1 is 1.38 bits per heavy atom. The van der Waals surface area contributed by atoms with E-state index in [1.54, 1.807) is 28.5 Å². The van der Waals surface area contributed by atoms with Gasteiger partial charge in [0.1, 0.15) is 11.3 Å². The zero-order valence-electron chi connectivity index (χ0n) is 12.6. The van der Waals surface area contributed by atoms with Crippen LogP contribution in [0.4, 0.5) is 15.8 Å². The van der Waals surface area contributed by atoms with E-state index in [2.05, 4.69) is 15.3 Å². The molecule has 0 bridgehead atoms. The van der Waals surface area contributed by atoms with Crippen molar-refractivity contribution in [2.24, 2.45) is 4.99 Å². The van der Waals surface area contributed by atoms with Crippen molar-refractivity contribution in [3.05, 3.63) is 70.0 Å². The molecule has 0 aliphatic heterocycles. The number of aliphatic imine (C=N–C) groups is 1. The molecule has 1 aromatic carbocycles. The molecule has 3 rings (SSSR count). The largest absolute Gasteiger partial charge is 0.323 e. The first-order valence-corrected chi connectivity index (χ1v) is 8.14. The van der Waals surface area contributed by atoms with Crippen molar-refractivity contribution in [3.8, 4) is 0 Å².